The lowest BCUT2D eigenvalue weighted by Gasteiger charge is -2.30. The van der Waals surface area contributed by atoms with Crippen LogP contribution in [0.3, 0.4) is 0 Å². The number of Topliss-reactive ketones (excluding diaryl/α,β-unsaturated/α-hetero) is 1. The van der Waals surface area contributed by atoms with Crippen molar-refractivity contribution in [1.29, 1.82) is 0 Å². The van der Waals surface area contributed by atoms with Gasteiger partial charge in [0, 0.05) is 16.4 Å². The molecular formula is C12H17BrN2O. The minimum Gasteiger partial charge on any atom is -0.298 e. The fraction of sp³-hybridized carbons (Fsp3) is 0.500. The fourth-order valence-electron chi connectivity index (χ4n) is 1.14. The molecule has 0 saturated carbocycles. The second-order valence-corrected chi connectivity index (χ2v) is 5.44. The van der Waals surface area contributed by atoms with Crippen LogP contribution in [0.2, 0.25) is 0 Å². The van der Waals surface area contributed by atoms with E-state index in [-0.39, 0.29) is 5.78 Å². The van der Waals surface area contributed by atoms with Gasteiger partial charge in [-0.05, 0) is 56.0 Å². The summed E-state index contributed by atoms with van der Waals surface area (Å²) in [5, 5.41) is 0. The Morgan fingerprint density at radius 1 is 1.44 bits per heavy atom. The van der Waals surface area contributed by atoms with Gasteiger partial charge < -0.3 is 0 Å². The van der Waals surface area contributed by atoms with Crippen molar-refractivity contribution in [2.45, 2.75) is 25.8 Å². The first kappa shape index (κ1) is 13.3. The highest BCUT2D eigenvalue weighted by Crippen LogP contribution is 2.15. The molecule has 0 N–H and O–H groups in total. The van der Waals surface area contributed by atoms with Gasteiger partial charge in [0.2, 0.25) is 0 Å². The van der Waals surface area contributed by atoms with E-state index < -0.39 is 5.54 Å². The summed E-state index contributed by atoms with van der Waals surface area (Å²) in [6, 6.07) is 3.77. The van der Waals surface area contributed by atoms with Crippen LogP contribution in [0.1, 0.15) is 19.5 Å². The molecule has 0 fully saturated rings. The topological polar surface area (TPSA) is 33.2 Å². The van der Waals surface area contributed by atoms with Gasteiger partial charge in [0.25, 0.3) is 0 Å². The Labute approximate surface area is 105 Å². The summed E-state index contributed by atoms with van der Waals surface area (Å²) in [4.78, 5) is 18.2. The van der Waals surface area contributed by atoms with Crippen molar-refractivity contribution in [1.82, 2.24) is 9.88 Å². The molecule has 88 valence electrons. The molecule has 0 saturated heterocycles. The SMILES string of the molecule is CN(C)C(C)(C)C(=O)Cc1ccc(Br)cn1. The van der Waals surface area contributed by atoms with Gasteiger partial charge in [-0.15, -0.1) is 0 Å². The predicted octanol–water partition coefficient (Wildman–Crippen LogP) is 2.30. The van der Waals surface area contributed by atoms with Gasteiger partial charge >= 0.3 is 0 Å². The number of likely N-dealkylation sites (N-methyl/N-ethyl adjacent to an activating group) is 1. The second-order valence-electron chi connectivity index (χ2n) is 4.52. The van der Waals surface area contributed by atoms with E-state index in [0.29, 0.717) is 6.42 Å². The van der Waals surface area contributed by atoms with E-state index in [0.717, 1.165) is 10.2 Å². The first-order valence-electron chi connectivity index (χ1n) is 5.15. The quantitative estimate of drug-likeness (QED) is 0.851. The predicted molar refractivity (Wildman–Crippen MR) is 68.4 cm³/mol. The lowest BCUT2D eigenvalue weighted by atomic mass is 9.94. The number of aromatic nitrogens is 1. The van der Waals surface area contributed by atoms with E-state index in [9.17, 15) is 4.79 Å². The number of carbonyl (C=O) groups is 1. The van der Waals surface area contributed by atoms with E-state index in [2.05, 4.69) is 20.9 Å². The number of pyridine rings is 1. The summed E-state index contributed by atoms with van der Waals surface area (Å²) in [6.45, 7) is 3.85. The number of ketones is 1. The van der Waals surface area contributed by atoms with Gasteiger partial charge in [0.1, 0.15) is 0 Å². The van der Waals surface area contributed by atoms with E-state index in [1.165, 1.54) is 0 Å². The maximum atomic E-state index is 12.1. The minimum atomic E-state index is -0.450. The molecule has 0 aliphatic heterocycles. The Hall–Kier alpha value is -0.740. The third-order valence-electron chi connectivity index (χ3n) is 2.93. The molecule has 0 bridgehead atoms. The number of carbonyl (C=O) groups excluding carboxylic acids is 1. The molecule has 4 heteroatoms. The summed E-state index contributed by atoms with van der Waals surface area (Å²) >= 11 is 3.32. The average molecular weight is 285 g/mol. The maximum Gasteiger partial charge on any atom is 0.158 e. The molecule has 1 rings (SSSR count). The number of halogens is 1. The Kier molecular flexibility index (Phi) is 4.21. The lowest BCUT2D eigenvalue weighted by molar-refractivity contribution is -0.127. The molecule has 3 nitrogen and oxygen atoms in total. The van der Waals surface area contributed by atoms with E-state index >= 15 is 0 Å². The van der Waals surface area contributed by atoms with E-state index in [1.807, 2.05) is 45.0 Å². The molecule has 0 spiro atoms. The average Bonchev–Trinajstić information content (AvgIpc) is 2.21. The molecule has 0 unspecified atom stereocenters. The maximum absolute atomic E-state index is 12.1. The number of hydrogen-bond acceptors (Lipinski definition) is 3. The van der Waals surface area contributed by atoms with Crippen LogP contribution in [0.25, 0.3) is 0 Å². The standard InChI is InChI=1S/C12H17BrN2O/c1-12(2,15(3)4)11(16)7-10-6-5-9(13)8-14-10/h5-6,8H,7H2,1-4H3. The Bertz CT molecular complexity index is 371. The molecule has 0 amide bonds. The normalized spacial score (nSPS) is 11.9. The minimum absolute atomic E-state index is 0.173. The van der Waals surface area contributed by atoms with Gasteiger partial charge in [-0.2, -0.15) is 0 Å². The van der Waals surface area contributed by atoms with Crippen molar-refractivity contribution in [3.8, 4) is 0 Å². The molecule has 0 radical (unpaired) electrons. The van der Waals surface area contributed by atoms with Gasteiger partial charge in [-0.1, -0.05) is 0 Å². The van der Waals surface area contributed by atoms with Gasteiger partial charge in [-0.3, -0.25) is 14.7 Å². The van der Waals surface area contributed by atoms with E-state index in [1.54, 1.807) is 6.20 Å². The third kappa shape index (κ3) is 3.12. The number of nitrogens with zero attached hydrogens (tertiary/aromatic N) is 2. The van der Waals surface area contributed by atoms with Crippen LogP contribution in [-0.4, -0.2) is 35.3 Å². The zero-order valence-corrected chi connectivity index (χ0v) is 11.7. The van der Waals surface area contributed by atoms with Crippen LogP contribution in [-0.2, 0) is 11.2 Å². The zero-order valence-electron chi connectivity index (χ0n) is 10.1. The fourth-order valence-corrected chi connectivity index (χ4v) is 1.38. The van der Waals surface area contributed by atoms with Gasteiger partial charge in [0.05, 0.1) is 12.0 Å². The van der Waals surface area contributed by atoms with Gasteiger partial charge in [-0.25, -0.2) is 0 Å². The smallest absolute Gasteiger partial charge is 0.158 e. The third-order valence-corrected chi connectivity index (χ3v) is 3.40. The summed E-state index contributed by atoms with van der Waals surface area (Å²) in [5.41, 5.74) is 0.359. The Morgan fingerprint density at radius 2 is 2.06 bits per heavy atom. The highest BCUT2D eigenvalue weighted by atomic mass is 79.9. The van der Waals surface area contributed by atoms with Crippen LogP contribution in [0.4, 0.5) is 0 Å². The van der Waals surface area contributed by atoms with Crippen molar-refractivity contribution in [2.75, 3.05) is 14.1 Å². The van der Waals surface area contributed by atoms with Crippen molar-refractivity contribution in [3.63, 3.8) is 0 Å². The van der Waals surface area contributed by atoms with Gasteiger partial charge in [0.15, 0.2) is 5.78 Å². The Morgan fingerprint density at radius 3 is 2.50 bits per heavy atom. The number of hydrogen-bond donors (Lipinski definition) is 0. The van der Waals surface area contributed by atoms with Crippen molar-refractivity contribution in [3.05, 3.63) is 28.5 Å². The summed E-state index contributed by atoms with van der Waals surface area (Å²) in [7, 11) is 3.82. The highest BCUT2D eigenvalue weighted by molar-refractivity contribution is 9.10. The lowest BCUT2D eigenvalue weighted by Crippen LogP contribution is -2.46. The summed E-state index contributed by atoms with van der Waals surface area (Å²) in [6.07, 6.45) is 2.09. The molecule has 16 heavy (non-hydrogen) atoms. The van der Waals surface area contributed by atoms with Crippen LogP contribution < -0.4 is 0 Å². The van der Waals surface area contributed by atoms with Crippen molar-refractivity contribution < 1.29 is 4.79 Å². The van der Waals surface area contributed by atoms with Crippen molar-refractivity contribution in [2.24, 2.45) is 0 Å². The first-order chi connectivity index (χ1) is 7.34. The second kappa shape index (κ2) is 5.06. The molecule has 0 atom stereocenters. The zero-order chi connectivity index (χ0) is 12.3. The van der Waals surface area contributed by atoms with Crippen molar-refractivity contribution >= 4 is 21.7 Å². The van der Waals surface area contributed by atoms with Crippen LogP contribution in [0.5, 0.6) is 0 Å². The molecule has 0 aliphatic rings. The monoisotopic (exact) mass is 284 g/mol. The Balaban J connectivity index is 2.75. The molecule has 1 heterocycles. The molecular weight excluding hydrogens is 268 g/mol. The molecule has 1 aromatic heterocycles. The molecule has 1 aromatic rings. The highest BCUT2D eigenvalue weighted by Gasteiger charge is 2.29. The van der Waals surface area contributed by atoms with E-state index in [4.69, 9.17) is 0 Å². The van der Waals surface area contributed by atoms with Crippen LogP contribution in [0, 0.1) is 0 Å². The van der Waals surface area contributed by atoms with Crippen LogP contribution >= 0.6 is 15.9 Å². The largest absolute Gasteiger partial charge is 0.298 e. The molecule has 0 aromatic carbocycles. The van der Waals surface area contributed by atoms with Crippen LogP contribution in [0.15, 0.2) is 22.8 Å². The molecule has 0 aliphatic carbocycles. The summed E-state index contributed by atoms with van der Waals surface area (Å²) in [5.74, 6) is 0.173. The summed E-state index contributed by atoms with van der Waals surface area (Å²) < 4.78 is 0.926. The first-order valence-corrected chi connectivity index (χ1v) is 5.94. The number of rotatable bonds is 4.